The third-order valence-corrected chi connectivity index (χ3v) is 5.66. The van der Waals surface area contributed by atoms with Crippen LogP contribution >= 0.6 is 0 Å². The predicted molar refractivity (Wildman–Crippen MR) is 140 cm³/mol. The van der Waals surface area contributed by atoms with Crippen LogP contribution in [0.5, 0.6) is 5.75 Å². The van der Waals surface area contributed by atoms with Gasteiger partial charge in [-0.3, -0.25) is 9.59 Å². The van der Waals surface area contributed by atoms with Crippen molar-refractivity contribution in [2.45, 2.75) is 77.6 Å². The summed E-state index contributed by atoms with van der Waals surface area (Å²) >= 11 is 0. The number of alkyl carbamates (subject to hydrolysis) is 1. The Labute approximate surface area is 224 Å². The zero-order chi connectivity index (χ0) is 28.3. The van der Waals surface area contributed by atoms with Crippen LogP contribution in [0.15, 0.2) is 24.3 Å². The Balaban J connectivity index is 2.33. The summed E-state index contributed by atoms with van der Waals surface area (Å²) in [6.07, 6.45) is 0.815. The minimum Gasteiger partial charge on any atom is -0.494 e. The lowest BCUT2D eigenvalue weighted by Crippen LogP contribution is -2.58. The highest BCUT2D eigenvalue weighted by Gasteiger charge is 2.32. The van der Waals surface area contributed by atoms with Gasteiger partial charge in [-0.25, -0.2) is 9.59 Å². The summed E-state index contributed by atoms with van der Waals surface area (Å²) in [5.41, 5.74) is 0.00948. The van der Waals surface area contributed by atoms with E-state index in [1.807, 2.05) is 12.1 Å². The molecule has 2 bridgehead atoms. The van der Waals surface area contributed by atoms with Crippen molar-refractivity contribution in [3.05, 3.63) is 29.8 Å². The molecule has 0 spiro atoms. The molecule has 11 nitrogen and oxygen atoms in total. The van der Waals surface area contributed by atoms with Crippen LogP contribution in [0.4, 0.5) is 4.79 Å². The number of rotatable bonds is 3. The fourth-order valence-electron chi connectivity index (χ4n) is 3.68. The van der Waals surface area contributed by atoms with E-state index in [1.165, 1.54) is 7.11 Å². The average Bonchev–Trinajstić information content (AvgIpc) is 2.83. The van der Waals surface area contributed by atoms with E-state index in [0.717, 1.165) is 12.0 Å². The van der Waals surface area contributed by atoms with Crippen LogP contribution in [0, 0.1) is 5.92 Å². The molecular formula is C27H41N3O8. The second kappa shape index (κ2) is 14.6. The first-order chi connectivity index (χ1) is 17.9. The number of fused-ring (bicyclic) bond motifs is 16. The summed E-state index contributed by atoms with van der Waals surface area (Å²) in [7, 11) is 1.22. The Morgan fingerprint density at radius 1 is 1.03 bits per heavy atom. The third kappa shape index (κ3) is 10.6. The molecule has 3 rings (SSSR count). The number of benzene rings is 1. The Morgan fingerprint density at radius 2 is 1.68 bits per heavy atom. The highest BCUT2D eigenvalue weighted by Crippen LogP contribution is 2.15. The van der Waals surface area contributed by atoms with Gasteiger partial charge in [0.15, 0.2) is 6.04 Å². The van der Waals surface area contributed by atoms with Gasteiger partial charge in [0.2, 0.25) is 11.8 Å². The molecule has 0 aromatic heterocycles. The van der Waals surface area contributed by atoms with Crippen molar-refractivity contribution in [2.75, 3.05) is 26.9 Å². The zero-order valence-electron chi connectivity index (χ0n) is 23.1. The van der Waals surface area contributed by atoms with E-state index < -0.39 is 47.6 Å². The average molecular weight is 536 g/mol. The minimum absolute atomic E-state index is 0.0813. The summed E-state index contributed by atoms with van der Waals surface area (Å²) in [5.74, 6) is -1.46. The van der Waals surface area contributed by atoms with Gasteiger partial charge in [0.05, 0.1) is 20.3 Å². The minimum atomic E-state index is -1.05. The molecule has 0 aliphatic carbocycles. The molecule has 0 fully saturated rings. The number of nitrogens with one attached hydrogen (secondary N) is 3. The first-order valence-electron chi connectivity index (χ1n) is 12.9. The number of carbonyl (C=O) groups is 4. The Morgan fingerprint density at radius 3 is 2.29 bits per heavy atom. The van der Waals surface area contributed by atoms with Crippen molar-refractivity contribution < 1.29 is 38.1 Å². The van der Waals surface area contributed by atoms with Gasteiger partial charge in [0, 0.05) is 13.0 Å². The summed E-state index contributed by atoms with van der Waals surface area (Å²) in [4.78, 5) is 51.4. The first-order valence-corrected chi connectivity index (χ1v) is 12.9. The van der Waals surface area contributed by atoms with E-state index in [4.69, 9.17) is 18.9 Å². The van der Waals surface area contributed by atoms with E-state index in [-0.39, 0.29) is 18.9 Å². The van der Waals surface area contributed by atoms with Gasteiger partial charge in [-0.15, -0.1) is 0 Å². The van der Waals surface area contributed by atoms with Gasteiger partial charge in [0.25, 0.3) is 0 Å². The molecule has 11 heteroatoms. The zero-order valence-corrected chi connectivity index (χ0v) is 23.1. The quantitative estimate of drug-likeness (QED) is 0.395. The molecule has 0 saturated heterocycles. The van der Waals surface area contributed by atoms with Crippen LogP contribution < -0.4 is 20.7 Å². The molecule has 1 aromatic rings. The molecule has 0 saturated carbocycles. The SMILES string of the molecule is COC(=O)[C@@H]1COCCCCOc2ccc(cc2)C[C@H](NC(=O)OC(C)(C)C)C(=O)N[C@@H](C(C)C)C(=O)N1. The molecule has 0 unspecified atom stereocenters. The molecule has 1 aromatic carbocycles. The number of hydrogen-bond donors (Lipinski definition) is 3. The standard InChI is InChI=1S/C27H41N3O8/c1-17(2)22-24(32)28-21(25(33)35-6)16-36-13-7-8-14-37-19-11-9-18(10-12-19)15-20(23(31)30-22)29-26(34)38-27(3,4)5/h9-12,17,20-22H,7-8,13-16H2,1-6H3,(H,28,32)(H,29,34)(H,30,31)/t20-,21-,22-/m0/s1. The second-order valence-electron chi connectivity index (χ2n) is 10.5. The Hall–Kier alpha value is -3.34. The number of methoxy groups -OCH3 is 1. The molecule has 3 N–H and O–H groups in total. The van der Waals surface area contributed by atoms with Crippen molar-refractivity contribution in [2.24, 2.45) is 5.92 Å². The number of ether oxygens (including phenoxy) is 4. The van der Waals surface area contributed by atoms with Crippen molar-refractivity contribution in [3.63, 3.8) is 0 Å². The van der Waals surface area contributed by atoms with E-state index in [2.05, 4.69) is 16.0 Å². The molecule has 3 amide bonds. The van der Waals surface area contributed by atoms with Crippen molar-refractivity contribution in [1.29, 1.82) is 0 Å². The lowest BCUT2D eigenvalue weighted by molar-refractivity contribution is -0.147. The number of amides is 3. The van der Waals surface area contributed by atoms with E-state index >= 15 is 0 Å². The molecule has 2 aliphatic heterocycles. The highest BCUT2D eigenvalue weighted by atomic mass is 16.6. The van der Waals surface area contributed by atoms with Crippen LogP contribution in [0.25, 0.3) is 0 Å². The van der Waals surface area contributed by atoms with E-state index in [0.29, 0.717) is 25.4 Å². The molecule has 0 radical (unpaired) electrons. The number of carbonyl (C=O) groups excluding carboxylic acids is 4. The van der Waals surface area contributed by atoms with Gasteiger partial charge in [-0.1, -0.05) is 26.0 Å². The molecule has 2 heterocycles. The highest BCUT2D eigenvalue weighted by molar-refractivity contribution is 5.93. The van der Waals surface area contributed by atoms with Crippen LogP contribution in [-0.2, 0) is 35.0 Å². The van der Waals surface area contributed by atoms with Crippen LogP contribution in [-0.4, -0.2) is 74.5 Å². The van der Waals surface area contributed by atoms with Gasteiger partial charge in [-0.05, 0) is 57.2 Å². The summed E-state index contributed by atoms with van der Waals surface area (Å²) in [5, 5.41) is 7.97. The summed E-state index contributed by atoms with van der Waals surface area (Å²) in [6.45, 7) is 9.45. The van der Waals surface area contributed by atoms with Gasteiger partial charge >= 0.3 is 12.1 Å². The van der Waals surface area contributed by atoms with Crippen molar-refractivity contribution >= 4 is 23.9 Å². The van der Waals surface area contributed by atoms with Crippen LogP contribution in [0.3, 0.4) is 0 Å². The lowest BCUT2D eigenvalue weighted by atomic mass is 10.0. The van der Waals surface area contributed by atoms with Gasteiger partial charge in [0.1, 0.15) is 23.4 Å². The molecule has 212 valence electrons. The van der Waals surface area contributed by atoms with Crippen LogP contribution in [0.1, 0.15) is 53.0 Å². The normalized spacial score (nSPS) is 22.1. The maximum absolute atomic E-state index is 13.4. The molecule has 3 atom stereocenters. The number of hydrogen-bond acceptors (Lipinski definition) is 8. The second-order valence-corrected chi connectivity index (χ2v) is 10.5. The van der Waals surface area contributed by atoms with E-state index in [9.17, 15) is 19.2 Å². The van der Waals surface area contributed by atoms with Crippen molar-refractivity contribution in [1.82, 2.24) is 16.0 Å². The smallest absolute Gasteiger partial charge is 0.408 e. The molecule has 2 aliphatic rings. The monoisotopic (exact) mass is 535 g/mol. The predicted octanol–water partition coefficient (Wildman–Crippen LogP) is 2.11. The largest absolute Gasteiger partial charge is 0.494 e. The maximum Gasteiger partial charge on any atom is 0.408 e. The molecule has 38 heavy (non-hydrogen) atoms. The van der Waals surface area contributed by atoms with Crippen LogP contribution in [0.2, 0.25) is 0 Å². The fraction of sp³-hybridized carbons (Fsp3) is 0.630. The summed E-state index contributed by atoms with van der Waals surface area (Å²) < 4.78 is 21.5. The first kappa shape index (κ1) is 30.9. The maximum atomic E-state index is 13.4. The number of esters is 1. The van der Waals surface area contributed by atoms with Gasteiger partial charge in [-0.2, -0.15) is 0 Å². The Kier molecular flexibility index (Phi) is 11.8. The van der Waals surface area contributed by atoms with Crippen molar-refractivity contribution in [3.8, 4) is 5.75 Å². The summed E-state index contributed by atoms with van der Waals surface area (Å²) in [6, 6.07) is 4.16. The van der Waals surface area contributed by atoms with Gasteiger partial charge < -0.3 is 34.9 Å². The lowest BCUT2D eigenvalue weighted by Gasteiger charge is -2.27. The third-order valence-electron chi connectivity index (χ3n) is 5.66. The topological polar surface area (TPSA) is 141 Å². The molecular weight excluding hydrogens is 494 g/mol. The fourth-order valence-corrected chi connectivity index (χ4v) is 3.68. The van der Waals surface area contributed by atoms with E-state index in [1.54, 1.807) is 46.8 Å². The Bertz CT molecular complexity index is 943.